The number of carbonyl (C=O) groups is 2. The van der Waals surface area contributed by atoms with Crippen LogP contribution < -0.4 is 4.89 Å². The highest BCUT2D eigenvalue weighted by atomic mass is 31.2. The third kappa shape index (κ3) is 64.0. The number of unbranched alkanes of at least 4 members (excludes halogenated alkanes) is 29. The third-order valence-electron chi connectivity index (χ3n) is 13.8. The molecule has 456 valence electrons. The van der Waals surface area contributed by atoms with Crippen LogP contribution in [-0.2, 0) is 32.7 Å². The minimum atomic E-state index is -4.64. The molecule has 0 N–H and O–H groups in total. The van der Waals surface area contributed by atoms with Crippen LogP contribution in [0.2, 0.25) is 0 Å². The Morgan fingerprint density at radius 1 is 0.405 bits per heavy atom. The number of ether oxygens (including phenoxy) is 2. The summed E-state index contributed by atoms with van der Waals surface area (Å²) in [7, 11) is 1.16. The average molecular weight is 1120 g/mol. The summed E-state index contributed by atoms with van der Waals surface area (Å²) in [5.74, 6) is -0.844. The predicted molar refractivity (Wildman–Crippen MR) is 337 cm³/mol. The van der Waals surface area contributed by atoms with E-state index >= 15 is 0 Å². The molecule has 0 bridgehead atoms. The quantitative estimate of drug-likeness (QED) is 0.0195. The van der Waals surface area contributed by atoms with Gasteiger partial charge in [0.15, 0.2) is 6.10 Å². The zero-order chi connectivity index (χ0) is 57.7. The molecule has 0 saturated heterocycles. The van der Waals surface area contributed by atoms with Crippen molar-refractivity contribution in [2.24, 2.45) is 0 Å². The maximum atomic E-state index is 12.8. The zero-order valence-corrected chi connectivity index (χ0v) is 52.7. The number of nitrogens with zero attached hydrogens (tertiary/aromatic N) is 1. The minimum absolute atomic E-state index is 0.0345. The highest BCUT2D eigenvalue weighted by Gasteiger charge is 2.22. The van der Waals surface area contributed by atoms with Gasteiger partial charge in [0.1, 0.15) is 19.8 Å². The Hall–Kier alpha value is -3.07. The fourth-order valence-corrected chi connectivity index (χ4v) is 9.58. The molecule has 2 unspecified atom stereocenters. The maximum absolute atomic E-state index is 12.8. The summed E-state index contributed by atoms with van der Waals surface area (Å²) in [5.41, 5.74) is 0. The monoisotopic (exact) mass is 1120 g/mol. The van der Waals surface area contributed by atoms with Gasteiger partial charge >= 0.3 is 11.9 Å². The number of carbonyl (C=O) groups excluding carboxylic acids is 2. The van der Waals surface area contributed by atoms with Gasteiger partial charge in [0, 0.05) is 12.8 Å². The molecule has 0 aliphatic rings. The van der Waals surface area contributed by atoms with Crippen LogP contribution in [0.3, 0.4) is 0 Å². The van der Waals surface area contributed by atoms with Crippen molar-refractivity contribution in [1.82, 2.24) is 0 Å². The van der Waals surface area contributed by atoms with Crippen molar-refractivity contribution in [2.75, 3.05) is 47.5 Å². The van der Waals surface area contributed by atoms with Crippen LogP contribution in [0.4, 0.5) is 0 Å². The van der Waals surface area contributed by atoms with E-state index in [1.807, 2.05) is 21.1 Å². The SMILES string of the molecule is CC/C=C\C/C=C\C/C=C\C/C=C\C/C=C\C/C=C\CCCCCCCCCCCCCCCCCCCCCCCCC(=O)OC(COC(=O)CCCCCCC/C=C\C/C=C\CCCC)COP(=O)([O-])OCC[N+](C)(C)C. The lowest BCUT2D eigenvalue weighted by molar-refractivity contribution is -0.870. The van der Waals surface area contributed by atoms with Crippen molar-refractivity contribution in [3.8, 4) is 0 Å². The van der Waals surface area contributed by atoms with Crippen LogP contribution in [0.15, 0.2) is 97.2 Å². The Morgan fingerprint density at radius 2 is 0.722 bits per heavy atom. The molecule has 0 fully saturated rings. The normalized spacial score (nSPS) is 13.8. The summed E-state index contributed by atoms with van der Waals surface area (Å²) in [4.78, 5) is 37.8. The van der Waals surface area contributed by atoms with Crippen molar-refractivity contribution in [2.45, 2.75) is 283 Å². The van der Waals surface area contributed by atoms with Crippen LogP contribution in [0.5, 0.6) is 0 Å². The summed E-state index contributed by atoms with van der Waals surface area (Å²) >= 11 is 0. The summed E-state index contributed by atoms with van der Waals surface area (Å²) in [6, 6.07) is 0. The van der Waals surface area contributed by atoms with E-state index in [1.54, 1.807) is 0 Å². The van der Waals surface area contributed by atoms with E-state index in [0.29, 0.717) is 23.9 Å². The highest BCUT2D eigenvalue weighted by Crippen LogP contribution is 2.38. The van der Waals surface area contributed by atoms with Crippen LogP contribution in [-0.4, -0.2) is 70.0 Å². The molecule has 0 aliphatic heterocycles. The van der Waals surface area contributed by atoms with Gasteiger partial charge in [-0.15, -0.1) is 0 Å². The lowest BCUT2D eigenvalue weighted by Gasteiger charge is -2.28. The summed E-state index contributed by atoms with van der Waals surface area (Å²) in [6.45, 7) is 4.08. The maximum Gasteiger partial charge on any atom is 0.306 e. The van der Waals surface area contributed by atoms with Crippen molar-refractivity contribution in [3.05, 3.63) is 97.2 Å². The Morgan fingerprint density at radius 3 is 1.08 bits per heavy atom. The van der Waals surface area contributed by atoms with Gasteiger partial charge in [-0.25, -0.2) is 0 Å². The van der Waals surface area contributed by atoms with Gasteiger partial charge in [-0.05, 0) is 89.9 Å². The minimum Gasteiger partial charge on any atom is -0.756 e. The van der Waals surface area contributed by atoms with E-state index < -0.39 is 32.5 Å². The number of hydrogen-bond acceptors (Lipinski definition) is 8. The smallest absolute Gasteiger partial charge is 0.306 e. The first-order chi connectivity index (χ1) is 38.5. The predicted octanol–water partition coefficient (Wildman–Crippen LogP) is 20.1. The first-order valence-corrected chi connectivity index (χ1v) is 33.9. The summed E-state index contributed by atoms with van der Waals surface area (Å²) in [5, 5.41) is 0. The molecule has 9 nitrogen and oxygen atoms in total. The first kappa shape index (κ1) is 75.9. The topological polar surface area (TPSA) is 111 Å². The van der Waals surface area contributed by atoms with Crippen molar-refractivity contribution in [3.63, 3.8) is 0 Å². The van der Waals surface area contributed by atoms with Gasteiger partial charge in [0.05, 0.1) is 27.7 Å². The molecule has 79 heavy (non-hydrogen) atoms. The van der Waals surface area contributed by atoms with E-state index in [4.69, 9.17) is 18.5 Å². The number of esters is 2. The number of allylic oxidation sites excluding steroid dienone is 16. The second kappa shape index (κ2) is 59.5. The molecular formula is C69H122NO8P. The molecular weight excluding hydrogens is 1000 g/mol. The number of likely N-dealkylation sites (N-methyl/N-ethyl adjacent to an activating group) is 1. The van der Waals surface area contributed by atoms with E-state index in [0.717, 1.165) is 103 Å². The number of phosphoric acid groups is 1. The second-order valence-electron chi connectivity index (χ2n) is 22.7. The lowest BCUT2D eigenvalue weighted by atomic mass is 10.0. The summed E-state index contributed by atoms with van der Waals surface area (Å²) < 4.78 is 34.1. The Kier molecular flexibility index (Phi) is 57.2. The lowest BCUT2D eigenvalue weighted by Crippen LogP contribution is -2.37. The number of rotatable bonds is 59. The van der Waals surface area contributed by atoms with E-state index in [-0.39, 0.29) is 26.1 Å². The van der Waals surface area contributed by atoms with Crippen LogP contribution >= 0.6 is 7.82 Å². The van der Waals surface area contributed by atoms with Crippen LogP contribution in [0.25, 0.3) is 0 Å². The Balaban J connectivity index is 3.91. The van der Waals surface area contributed by atoms with E-state index in [1.165, 1.54) is 135 Å². The Bertz CT molecular complexity index is 1650. The molecule has 0 radical (unpaired) electrons. The van der Waals surface area contributed by atoms with Gasteiger partial charge in [-0.2, -0.15) is 0 Å². The second-order valence-corrected chi connectivity index (χ2v) is 24.2. The molecule has 10 heteroatoms. The van der Waals surface area contributed by atoms with Crippen LogP contribution in [0.1, 0.15) is 277 Å². The fraction of sp³-hybridized carbons (Fsp3) is 0.739. The van der Waals surface area contributed by atoms with Gasteiger partial charge in [-0.3, -0.25) is 14.2 Å². The molecule has 0 aromatic carbocycles. The third-order valence-corrected chi connectivity index (χ3v) is 14.8. The zero-order valence-electron chi connectivity index (χ0n) is 51.8. The van der Waals surface area contributed by atoms with Crippen molar-refractivity contribution < 1.29 is 42.1 Å². The first-order valence-electron chi connectivity index (χ1n) is 32.4. The largest absolute Gasteiger partial charge is 0.756 e. The van der Waals surface area contributed by atoms with E-state index in [2.05, 4.69) is 111 Å². The standard InChI is InChI=1S/C69H122NO8P/c1-6-8-10-12-14-16-18-20-22-23-24-25-26-27-28-29-30-31-32-33-34-35-36-37-38-39-40-41-42-43-44-45-46-47-48-50-52-54-56-58-60-62-69(72)78-67(66-77-79(73,74)76-64-63-70(3,4)5)65-75-68(71)61-59-57-55-53-51-49-21-19-17-15-13-11-9-7-2/h8,10,13-16,19-22,24-25,27-28,30-31,67H,6-7,9,11-12,17-18,23,26,29,32-66H2,1-5H3/b10-8-,15-13-,16-14-,21-19-,22-20-,25-24-,28-27-,31-30-. The highest BCUT2D eigenvalue weighted by molar-refractivity contribution is 7.45. The molecule has 0 aromatic rings. The number of hydrogen-bond donors (Lipinski definition) is 0. The molecule has 0 heterocycles. The number of phosphoric ester groups is 1. The van der Waals surface area contributed by atoms with Gasteiger partial charge in [0.25, 0.3) is 7.82 Å². The molecule has 0 spiro atoms. The van der Waals surface area contributed by atoms with Gasteiger partial charge in [0.2, 0.25) is 0 Å². The van der Waals surface area contributed by atoms with Crippen molar-refractivity contribution >= 4 is 19.8 Å². The number of quaternary nitrogens is 1. The Labute approximate surface area is 487 Å². The van der Waals surface area contributed by atoms with Crippen molar-refractivity contribution in [1.29, 1.82) is 0 Å². The van der Waals surface area contributed by atoms with E-state index in [9.17, 15) is 19.0 Å². The van der Waals surface area contributed by atoms with Crippen LogP contribution in [0, 0.1) is 0 Å². The molecule has 0 rings (SSSR count). The molecule has 2 atom stereocenters. The summed E-state index contributed by atoms with van der Waals surface area (Å²) in [6.07, 6.45) is 82.1. The molecule has 0 saturated carbocycles. The fourth-order valence-electron chi connectivity index (χ4n) is 8.85. The van der Waals surface area contributed by atoms with Gasteiger partial charge in [-0.1, -0.05) is 272 Å². The molecule has 0 amide bonds. The molecule has 0 aliphatic carbocycles. The molecule has 0 aromatic heterocycles. The van der Waals surface area contributed by atoms with Gasteiger partial charge < -0.3 is 27.9 Å². The average Bonchev–Trinajstić information content (AvgIpc) is 3.41.